The van der Waals surface area contributed by atoms with Crippen LogP contribution >= 0.6 is 0 Å². The summed E-state index contributed by atoms with van der Waals surface area (Å²) in [6, 6.07) is -3.82. The molecule has 0 aromatic heterocycles. The molecule has 42 heavy (non-hydrogen) atoms. The molecule has 8 atom stereocenters. The standard InChI is InChI=1S/C27H49N5O9S/c1-14(2)11-18(20(33)12-16(5)23(34)30-21(15(3)4)26(37)32(6)7)28-24(35)19(13-42(8,38)39)29-25(36)22-17-9-10-40-27(17)41-31-22/h14-22,27,31,33H,9-13H2,1-8H3,(H,28,35)(H,29,36)(H,30,34)/t16?,17?,18?,19-,20-,21?,22?,27?/m0/s1. The van der Waals surface area contributed by atoms with E-state index in [0.717, 1.165) is 6.26 Å². The van der Waals surface area contributed by atoms with E-state index in [-0.39, 0.29) is 30.1 Å². The largest absolute Gasteiger partial charge is 0.391 e. The molecule has 0 bridgehead atoms. The highest BCUT2D eigenvalue weighted by Crippen LogP contribution is 2.29. The molecule has 242 valence electrons. The fourth-order valence-electron chi connectivity index (χ4n) is 5.07. The predicted octanol–water partition coefficient (Wildman–Crippen LogP) is -1.07. The first-order chi connectivity index (χ1) is 19.4. The molecule has 0 saturated carbocycles. The Morgan fingerprint density at radius 3 is 2.19 bits per heavy atom. The fraction of sp³-hybridized carbons (Fsp3) is 0.852. The maximum absolute atomic E-state index is 13.4. The monoisotopic (exact) mass is 619 g/mol. The van der Waals surface area contributed by atoms with Crippen LogP contribution in [0.1, 0.15) is 53.9 Å². The van der Waals surface area contributed by atoms with Gasteiger partial charge >= 0.3 is 0 Å². The van der Waals surface area contributed by atoms with Crippen LogP contribution in [0.5, 0.6) is 0 Å². The van der Waals surface area contributed by atoms with Gasteiger partial charge in [-0.1, -0.05) is 34.6 Å². The van der Waals surface area contributed by atoms with Gasteiger partial charge in [0.25, 0.3) is 0 Å². The topological polar surface area (TPSA) is 192 Å². The van der Waals surface area contributed by atoms with Crippen molar-refractivity contribution in [1.82, 2.24) is 26.3 Å². The van der Waals surface area contributed by atoms with Crippen molar-refractivity contribution in [2.75, 3.05) is 32.7 Å². The van der Waals surface area contributed by atoms with Gasteiger partial charge in [0.05, 0.1) is 24.5 Å². The number of ether oxygens (including phenoxy) is 1. The Kier molecular flexibility index (Phi) is 13.2. The SMILES string of the molecule is CC(C)CC(NC(=O)[C@H](CS(C)(=O)=O)NC(=O)C1NOC2OCCC21)[C@@H](O)CC(C)C(=O)NC(C(=O)N(C)C)C(C)C. The first kappa shape index (κ1) is 35.9. The Labute approximate surface area is 248 Å². The van der Waals surface area contributed by atoms with Crippen LogP contribution in [0.2, 0.25) is 0 Å². The number of aliphatic hydroxyl groups excluding tert-OH is 1. The zero-order valence-electron chi connectivity index (χ0n) is 25.9. The van der Waals surface area contributed by atoms with Gasteiger partial charge in [-0.3, -0.25) is 24.0 Å². The summed E-state index contributed by atoms with van der Waals surface area (Å²) in [6.07, 6.45) is 0.0604. The maximum Gasteiger partial charge on any atom is 0.244 e. The van der Waals surface area contributed by atoms with Crippen LogP contribution in [0.3, 0.4) is 0 Å². The van der Waals surface area contributed by atoms with Crippen LogP contribution in [0.4, 0.5) is 0 Å². The molecule has 2 rings (SSSR count). The Morgan fingerprint density at radius 2 is 1.64 bits per heavy atom. The molecule has 0 radical (unpaired) electrons. The maximum atomic E-state index is 13.4. The number of amides is 4. The number of hydrogen-bond acceptors (Lipinski definition) is 10. The highest BCUT2D eigenvalue weighted by molar-refractivity contribution is 7.90. The van der Waals surface area contributed by atoms with Gasteiger partial charge in [0.2, 0.25) is 23.6 Å². The number of hydrogen-bond donors (Lipinski definition) is 5. The number of nitrogens with zero attached hydrogens (tertiary/aromatic N) is 1. The molecule has 2 heterocycles. The fourth-order valence-corrected chi connectivity index (χ4v) is 5.91. The lowest BCUT2D eigenvalue weighted by Crippen LogP contribution is -2.58. The molecule has 14 nitrogen and oxygen atoms in total. The molecule has 5 N–H and O–H groups in total. The number of sulfone groups is 1. The van der Waals surface area contributed by atoms with Gasteiger partial charge in [-0.05, 0) is 31.1 Å². The number of carbonyl (C=O) groups is 4. The van der Waals surface area contributed by atoms with Crippen molar-refractivity contribution < 1.29 is 42.3 Å². The van der Waals surface area contributed by atoms with Crippen molar-refractivity contribution in [1.29, 1.82) is 0 Å². The van der Waals surface area contributed by atoms with Crippen LogP contribution in [-0.2, 0) is 38.6 Å². The third-order valence-corrected chi connectivity index (χ3v) is 8.38. The predicted molar refractivity (Wildman–Crippen MR) is 154 cm³/mol. The lowest BCUT2D eigenvalue weighted by Gasteiger charge is -2.30. The molecule has 2 saturated heterocycles. The smallest absolute Gasteiger partial charge is 0.244 e. The van der Waals surface area contributed by atoms with Crippen molar-refractivity contribution >= 4 is 33.5 Å². The summed E-state index contributed by atoms with van der Waals surface area (Å²) in [5.41, 5.74) is 2.60. The van der Waals surface area contributed by atoms with Gasteiger partial charge in [0, 0.05) is 32.2 Å². The van der Waals surface area contributed by atoms with Gasteiger partial charge in [-0.15, -0.1) is 0 Å². The Morgan fingerprint density at radius 1 is 1.00 bits per heavy atom. The van der Waals surface area contributed by atoms with E-state index >= 15 is 0 Å². The second kappa shape index (κ2) is 15.4. The molecule has 6 unspecified atom stereocenters. The van der Waals surface area contributed by atoms with E-state index in [0.29, 0.717) is 19.4 Å². The summed E-state index contributed by atoms with van der Waals surface area (Å²) < 4.78 is 29.7. The van der Waals surface area contributed by atoms with Crippen LogP contribution < -0.4 is 21.4 Å². The summed E-state index contributed by atoms with van der Waals surface area (Å²) >= 11 is 0. The van der Waals surface area contributed by atoms with E-state index in [4.69, 9.17) is 9.57 Å². The number of hydroxylamine groups is 1. The summed E-state index contributed by atoms with van der Waals surface area (Å²) in [5.74, 6) is -3.80. The zero-order chi connectivity index (χ0) is 31.9. The molecule has 2 aliphatic rings. The second-order valence-electron chi connectivity index (χ2n) is 12.5. The lowest BCUT2D eigenvalue weighted by atomic mass is 9.91. The lowest BCUT2D eigenvalue weighted by molar-refractivity contribution is -0.137. The van der Waals surface area contributed by atoms with Gasteiger partial charge < -0.3 is 30.7 Å². The third-order valence-electron chi connectivity index (χ3n) is 7.44. The van der Waals surface area contributed by atoms with Gasteiger partial charge in [-0.2, -0.15) is 5.48 Å². The third kappa shape index (κ3) is 10.4. The highest BCUT2D eigenvalue weighted by Gasteiger charge is 2.46. The summed E-state index contributed by atoms with van der Waals surface area (Å²) in [6.45, 7) is 9.47. The normalized spacial score (nSPS) is 23.9. The van der Waals surface area contributed by atoms with Crippen LogP contribution in [0.25, 0.3) is 0 Å². The van der Waals surface area contributed by atoms with Crippen molar-refractivity contribution in [3.8, 4) is 0 Å². The first-order valence-corrected chi connectivity index (χ1v) is 16.5. The molecule has 0 aromatic carbocycles. The van der Waals surface area contributed by atoms with Gasteiger partial charge in [0.15, 0.2) is 6.29 Å². The van der Waals surface area contributed by atoms with E-state index in [1.54, 1.807) is 21.0 Å². The van der Waals surface area contributed by atoms with Crippen molar-refractivity contribution in [3.05, 3.63) is 0 Å². The average Bonchev–Trinajstić information content (AvgIpc) is 3.48. The summed E-state index contributed by atoms with van der Waals surface area (Å²) in [4.78, 5) is 58.6. The van der Waals surface area contributed by atoms with Crippen LogP contribution in [0.15, 0.2) is 0 Å². The quantitative estimate of drug-likeness (QED) is 0.151. The van der Waals surface area contributed by atoms with Gasteiger partial charge in [0.1, 0.15) is 28.0 Å². The minimum atomic E-state index is -3.69. The van der Waals surface area contributed by atoms with E-state index < -0.39 is 75.8 Å². The molecule has 2 fully saturated rings. The molecule has 0 aliphatic carbocycles. The molecule has 4 amide bonds. The van der Waals surface area contributed by atoms with Crippen molar-refractivity contribution in [2.45, 2.75) is 90.4 Å². The Balaban J connectivity index is 2.12. The Hall–Kier alpha value is -2.33. The molecular weight excluding hydrogens is 570 g/mol. The first-order valence-electron chi connectivity index (χ1n) is 14.4. The number of likely N-dealkylation sites (N-methyl/N-ethyl adjacent to an activating group) is 1. The van der Waals surface area contributed by atoms with Gasteiger partial charge in [-0.25, -0.2) is 8.42 Å². The molecular formula is C27H49N5O9S. The molecule has 15 heteroatoms. The average molecular weight is 620 g/mol. The van der Waals surface area contributed by atoms with Crippen LogP contribution in [0, 0.1) is 23.7 Å². The minimum absolute atomic E-state index is 0.0270. The van der Waals surface area contributed by atoms with Crippen molar-refractivity contribution in [2.24, 2.45) is 23.7 Å². The minimum Gasteiger partial charge on any atom is -0.391 e. The highest BCUT2D eigenvalue weighted by atomic mass is 32.2. The molecule has 0 spiro atoms. The number of carbonyl (C=O) groups excluding carboxylic acids is 4. The molecule has 0 aromatic rings. The van der Waals surface area contributed by atoms with E-state index in [2.05, 4.69) is 21.4 Å². The Bertz CT molecular complexity index is 1070. The van der Waals surface area contributed by atoms with E-state index in [9.17, 15) is 32.7 Å². The van der Waals surface area contributed by atoms with Crippen LogP contribution in [-0.4, -0.2) is 111 Å². The number of nitrogens with one attached hydrogen (secondary N) is 4. The number of rotatable bonds is 15. The molecule has 2 aliphatic heterocycles. The number of fused-ring (bicyclic) bond motifs is 1. The summed E-state index contributed by atoms with van der Waals surface area (Å²) in [7, 11) is -0.485. The van der Waals surface area contributed by atoms with Crippen molar-refractivity contribution in [3.63, 3.8) is 0 Å². The number of aliphatic hydroxyl groups is 1. The zero-order valence-corrected chi connectivity index (χ0v) is 26.7. The van der Waals surface area contributed by atoms with E-state index in [1.807, 2.05) is 27.7 Å². The summed E-state index contributed by atoms with van der Waals surface area (Å²) in [5, 5.41) is 19.1. The van der Waals surface area contributed by atoms with E-state index in [1.165, 1.54) is 4.90 Å². The second-order valence-corrected chi connectivity index (χ2v) is 14.7.